The molecule has 0 unspecified atom stereocenters. The van der Waals surface area contributed by atoms with Crippen LogP contribution < -0.4 is 10.6 Å². The van der Waals surface area contributed by atoms with Gasteiger partial charge < -0.3 is 10.6 Å². The highest BCUT2D eigenvalue weighted by Gasteiger charge is 2.44. The molecule has 2 aromatic heterocycles. The van der Waals surface area contributed by atoms with E-state index in [1.54, 1.807) is 54.9 Å². The average molecular weight is 519 g/mol. The fourth-order valence-corrected chi connectivity index (χ4v) is 4.82. The van der Waals surface area contributed by atoms with Crippen LogP contribution in [0.2, 0.25) is 5.02 Å². The molecule has 8 nitrogen and oxygen atoms in total. The Hall–Kier alpha value is -3.85. The van der Waals surface area contributed by atoms with Crippen LogP contribution in [0.5, 0.6) is 0 Å². The maximum atomic E-state index is 14.4. The number of hydrogen-bond donors (Lipinski definition) is 2. The average Bonchev–Trinajstić information content (AvgIpc) is 3.59. The first kappa shape index (κ1) is 23.5. The van der Waals surface area contributed by atoms with E-state index in [1.165, 1.54) is 6.07 Å². The Labute approximate surface area is 217 Å². The molecule has 2 amide bonds. The largest absolute Gasteiger partial charge is 0.350 e. The van der Waals surface area contributed by atoms with E-state index < -0.39 is 5.41 Å². The molecular formula is C27H24ClFN6O2. The van der Waals surface area contributed by atoms with Crippen molar-refractivity contribution in [2.24, 2.45) is 5.92 Å². The van der Waals surface area contributed by atoms with Crippen LogP contribution >= 0.6 is 11.6 Å². The van der Waals surface area contributed by atoms with Crippen LogP contribution in [0.3, 0.4) is 0 Å². The number of nitrogens with one attached hydrogen (secondary N) is 2. The van der Waals surface area contributed by atoms with Gasteiger partial charge in [-0.2, -0.15) is 5.10 Å². The number of carbonyl (C=O) groups is 2. The van der Waals surface area contributed by atoms with Gasteiger partial charge in [0.15, 0.2) is 5.82 Å². The van der Waals surface area contributed by atoms with Crippen LogP contribution in [0.25, 0.3) is 22.4 Å². The minimum atomic E-state index is -0.972. The predicted octanol–water partition coefficient (Wildman–Crippen LogP) is 4.70. The number of nitrogens with zero attached hydrogens (tertiary/aromatic N) is 4. The Bertz CT molecular complexity index is 1590. The topological polar surface area (TPSA) is 102 Å². The minimum absolute atomic E-state index is 0.148. The Morgan fingerprint density at radius 3 is 2.76 bits per heavy atom. The monoisotopic (exact) mass is 518 g/mol. The van der Waals surface area contributed by atoms with Crippen molar-refractivity contribution in [1.29, 1.82) is 0 Å². The van der Waals surface area contributed by atoms with E-state index in [0.717, 1.165) is 12.8 Å². The van der Waals surface area contributed by atoms with Crippen molar-refractivity contribution in [1.82, 2.24) is 25.1 Å². The van der Waals surface area contributed by atoms with Gasteiger partial charge in [-0.05, 0) is 56.9 Å². The Kier molecular flexibility index (Phi) is 5.49. The Morgan fingerprint density at radius 1 is 1.22 bits per heavy atom. The molecule has 1 fully saturated rings. The first-order valence-electron chi connectivity index (χ1n) is 12.1. The quantitative estimate of drug-likeness (QED) is 0.385. The smallest absolute Gasteiger partial charge is 0.270 e. The summed E-state index contributed by atoms with van der Waals surface area (Å²) in [6, 6.07) is 11.8. The summed E-state index contributed by atoms with van der Waals surface area (Å²) >= 11 is 6.29. The van der Waals surface area contributed by atoms with Crippen LogP contribution in [0.1, 0.15) is 48.3 Å². The highest BCUT2D eigenvalue weighted by Crippen LogP contribution is 2.40. The van der Waals surface area contributed by atoms with Gasteiger partial charge in [0.05, 0.1) is 17.5 Å². The third-order valence-electron chi connectivity index (χ3n) is 7.00. The van der Waals surface area contributed by atoms with Gasteiger partial charge >= 0.3 is 0 Å². The van der Waals surface area contributed by atoms with Crippen molar-refractivity contribution in [3.05, 3.63) is 70.1 Å². The van der Waals surface area contributed by atoms with Gasteiger partial charge in [-0.25, -0.2) is 14.4 Å². The summed E-state index contributed by atoms with van der Waals surface area (Å²) in [4.78, 5) is 35.3. The van der Waals surface area contributed by atoms with E-state index in [9.17, 15) is 14.0 Å². The number of fused-ring (bicyclic) bond motifs is 2. The summed E-state index contributed by atoms with van der Waals surface area (Å²) in [5.41, 5.74) is 1.17. The molecule has 0 atom stereocenters. The van der Waals surface area contributed by atoms with Crippen molar-refractivity contribution < 1.29 is 14.0 Å². The molecule has 4 aromatic rings. The zero-order valence-electron chi connectivity index (χ0n) is 20.3. The Morgan fingerprint density at radius 2 is 2.00 bits per heavy atom. The molecule has 3 heterocycles. The van der Waals surface area contributed by atoms with Gasteiger partial charge in [-0.1, -0.05) is 29.8 Å². The van der Waals surface area contributed by atoms with E-state index in [1.807, 2.05) is 0 Å². The van der Waals surface area contributed by atoms with E-state index in [-0.39, 0.29) is 35.7 Å². The van der Waals surface area contributed by atoms with Crippen LogP contribution in [0.15, 0.2) is 42.5 Å². The molecule has 0 bridgehead atoms. The van der Waals surface area contributed by atoms with Crippen molar-refractivity contribution >= 4 is 40.1 Å². The third-order valence-corrected chi connectivity index (χ3v) is 7.24. The minimum Gasteiger partial charge on any atom is -0.350 e. The number of rotatable bonds is 6. The summed E-state index contributed by atoms with van der Waals surface area (Å²) in [5.74, 6) is 0.00798. The second-order valence-electron chi connectivity index (χ2n) is 10.1. The maximum Gasteiger partial charge on any atom is 0.270 e. The van der Waals surface area contributed by atoms with Crippen molar-refractivity contribution in [3.63, 3.8) is 0 Å². The number of halogens is 2. The zero-order valence-corrected chi connectivity index (χ0v) is 21.1. The summed E-state index contributed by atoms with van der Waals surface area (Å²) < 4.78 is 16.1. The van der Waals surface area contributed by atoms with E-state index >= 15 is 0 Å². The molecule has 37 heavy (non-hydrogen) atoms. The SMILES string of the molecule is CC1(C)C(=O)Nc2nc(-c3nn(Cc4ccccc4F)c4cc(Cl)ccc34)nc(C(=O)NCC3CC3)c21. The number of benzene rings is 2. The Balaban J connectivity index is 1.50. The molecule has 1 aliphatic carbocycles. The molecule has 2 aromatic carbocycles. The fraction of sp³-hybridized carbons (Fsp3) is 0.296. The van der Waals surface area contributed by atoms with E-state index in [4.69, 9.17) is 16.7 Å². The molecule has 10 heteroatoms. The zero-order chi connectivity index (χ0) is 25.9. The van der Waals surface area contributed by atoms with Gasteiger partial charge in [0, 0.05) is 28.1 Å². The summed E-state index contributed by atoms with van der Waals surface area (Å²) in [5, 5.41) is 11.7. The first-order valence-corrected chi connectivity index (χ1v) is 12.5. The molecule has 6 rings (SSSR count). The maximum absolute atomic E-state index is 14.4. The van der Waals surface area contributed by atoms with Gasteiger partial charge in [-0.15, -0.1) is 0 Å². The molecule has 2 aliphatic rings. The number of hydrogen-bond acceptors (Lipinski definition) is 5. The molecule has 1 saturated carbocycles. The lowest BCUT2D eigenvalue weighted by atomic mass is 9.85. The second kappa shape index (κ2) is 8.62. The molecule has 0 radical (unpaired) electrons. The standard InChI is InChI=1S/C27H24ClFN6O2/c1-27(2)20-22(25(36)30-12-14-7-8-14)31-24(32-23(20)33-26(27)37)21-17-10-9-16(28)11-19(17)35(34-21)13-15-5-3-4-6-18(15)29/h3-6,9-11,14H,7-8,12-13H2,1-2H3,(H,30,36)(H,31,32,33,37). The van der Waals surface area contributed by atoms with Gasteiger partial charge in [0.1, 0.15) is 23.0 Å². The van der Waals surface area contributed by atoms with Gasteiger partial charge in [0.2, 0.25) is 5.91 Å². The first-order chi connectivity index (χ1) is 17.7. The number of aromatic nitrogens is 4. The van der Waals surface area contributed by atoms with Gasteiger partial charge in [0.25, 0.3) is 5.91 Å². The number of anilines is 1. The molecule has 2 N–H and O–H groups in total. The lowest BCUT2D eigenvalue weighted by molar-refractivity contribution is -0.119. The van der Waals surface area contributed by atoms with E-state index in [2.05, 4.69) is 20.6 Å². The van der Waals surface area contributed by atoms with Crippen molar-refractivity contribution in [3.8, 4) is 11.5 Å². The number of carbonyl (C=O) groups excluding carboxylic acids is 2. The predicted molar refractivity (Wildman–Crippen MR) is 138 cm³/mol. The van der Waals surface area contributed by atoms with Crippen LogP contribution in [-0.4, -0.2) is 38.1 Å². The summed E-state index contributed by atoms with van der Waals surface area (Å²) in [7, 11) is 0. The van der Waals surface area contributed by atoms with E-state index in [0.29, 0.717) is 51.0 Å². The lowest BCUT2D eigenvalue weighted by Gasteiger charge is -2.18. The van der Waals surface area contributed by atoms with Crippen LogP contribution in [0.4, 0.5) is 10.2 Å². The normalized spacial score (nSPS) is 16.1. The van der Waals surface area contributed by atoms with Gasteiger partial charge in [-0.3, -0.25) is 14.3 Å². The summed E-state index contributed by atoms with van der Waals surface area (Å²) in [6.07, 6.45) is 2.18. The molecular weight excluding hydrogens is 495 g/mol. The van der Waals surface area contributed by atoms with Crippen LogP contribution in [0, 0.1) is 11.7 Å². The highest BCUT2D eigenvalue weighted by molar-refractivity contribution is 6.31. The molecule has 0 spiro atoms. The second-order valence-corrected chi connectivity index (χ2v) is 10.5. The number of amides is 2. The molecule has 0 saturated heterocycles. The third kappa shape index (κ3) is 4.13. The van der Waals surface area contributed by atoms with Crippen molar-refractivity contribution in [2.75, 3.05) is 11.9 Å². The highest BCUT2D eigenvalue weighted by atomic mass is 35.5. The molecule has 1 aliphatic heterocycles. The fourth-order valence-electron chi connectivity index (χ4n) is 4.65. The molecule has 188 valence electrons. The summed E-state index contributed by atoms with van der Waals surface area (Å²) in [6.45, 7) is 4.21. The van der Waals surface area contributed by atoms with Crippen LogP contribution in [-0.2, 0) is 16.8 Å². The van der Waals surface area contributed by atoms with Crippen molar-refractivity contribution in [2.45, 2.75) is 38.6 Å². The lowest BCUT2D eigenvalue weighted by Crippen LogP contribution is -2.32.